The Morgan fingerprint density at radius 3 is 2.00 bits per heavy atom. The van der Waals surface area contributed by atoms with Gasteiger partial charge in [-0.15, -0.1) is 0 Å². The molecular formula is C11H17N3O8. The maximum absolute atomic E-state index is 10.8. The minimum Gasteiger partial charge on any atom is -0.481 e. The van der Waals surface area contributed by atoms with Gasteiger partial charge in [-0.05, 0) is 12.8 Å². The van der Waals surface area contributed by atoms with Crippen LogP contribution >= 0.6 is 0 Å². The first-order chi connectivity index (χ1) is 10.1. The fraction of sp³-hybridized carbons (Fsp3) is 0.545. The van der Waals surface area contributed by atoms with Crippen molar-refractivity contribution < 1.29 is 39.3 Å². The summed E-state index contributed by atoms with van der Waals surface area (Å²) in [6.07, 6.45) is -0.219. The van der Waals surface area contributed by atoms with Gasteiger partial charge >= 0.3 is 23.9 Å². The molecule has 7 N–H and O–H groups in total. The molecule has 1 fully saturated rings. The van der Waals surface area contributed by atoms with E-state index < -0.39 is 41.9 Å². The smallest absolute Gasteiger partial charge is 0.322 e. The average Bonchev–Trinajstić information content (AvgIpc) is 2.72. The van der Waals surface area contributed by atoms with Crippen molar-refractivity contribution in [1.82, 2.24) is 10.6 Å². The molecular weight excluding hydrogens is 302 g/mol. The summed E-state index contributed by atoms with van der Waals surface area (Å²) >= 11 is 0. The number of nitrogens with two attached hydrogens (primary N) is 1. The van der Waals surface area contributed by atoms with Crippen molar-refractivity contribution in [3.05, 3.63) is 0 Å². The Bertz CT molecular complexity index is 464. The van der Waals surface area contributed by atoms with Gasteiger partial charge in [-0.1, -0.05) is 0 Å². The molecule has 1 rings (SSSR count). The zero-order chi connectivity index (χ0) is 17.3. The highest BCUT2D eigenvalue weighted by atomic mass is 16.4. The van der Waals surface area contributed by atoms with E-state index in [2.05, 4.69) is 5.32 Å². The van der Waals surface area contributed by atoms with E-state index >= 15 is 0 Å². The lowest BCUT2D eigenvalue weighted by atomic mass is 10.1. The Morgan fingerprint density at radius 2 is 1.64 bits per heavy atom. The van der Waals surface area contributed by atoms with Crippen LogP contribution in [0.5, 0.6) is 0 Å². The lowest BCUT2D eigenvalue weighted by Crippen LogP contribution is -2.30. The third kappa shape index (κ3) is 8.47. The van der Waals surface area contributed by atoms with E-state index in [0.717, 1.165) is 0 Å². The molecule has 0 spiro atoms. The van der Waals surface area contributed by atoms with Crippen LogP contribution in [0.15, 0.2) is 0 Å². The van der Waals surface area contributed by atoms with E-state index in [1.165, 1.54) is 0 Å². The third-order valence-electron chi connectivity index (χ3n) is 2.49. The Balaban J connectivity index is 0.000000409. The number of hydrogen-bond donors (Lipinski definition) is 6. The van der Waals surface area contributed by atoms with Crippen LogP contribution in [0.1, 0.15) is 25.7 Å². The van der Waals surface area contributed by atoms with E-state index in [0.29, 0.717) is 0 Å². The fourth-order valence-corrected chi connectivity index (χ4v) is 1.33. The number of carboxylic acid groups (broad SMARTS) is 3. The number of amides is 3. The van der Waals surface area contributed by atoms with Gasteiger partial charge in [0.05, 0.1) is 0 Å². The summed E-state index contributed by atoms with van der Waals surface area (Å²) in [5, 5.41) is 28.9. The SMILES string of the molecule is NC(CCC(=O)O)C(=O)O.O=C(O)CCC1NC(=O)NC1=O. The summed E-state index contributed by atoms with van der Waals surface area (Å²) in [5.41, 5.74) is 5.00. The Morgan fingerprint density at radius 1 is 1.09 bits per heavy atom. The molecule has 11 heteroatoms. The Kier molecular flexibility index (Phi) is 8.15. The van der Waals surface area contributed by atoms with Crippen LogP contribution in [0.25, 0.3) is 0 Å². The van der Waals surface area contributed by atoms with Gasteiger partial charge in [-0.2, -0.15) is 0 Å². The molecule has 0 aromatic heterocycles. The molecule has 1 saturated heterocycles. The van der Waals surface area contributed by atoms with E-state index in [9.17, 15) is 24.0 Å². The van der Waals surface area contributed by atoms with Crippen LogP contribution in [-0.2, 0) is 19.2 Å². The number of carbonyl (C=O) groups excluding carboxylic acids is 2. The van der Waals surface area contributed by atoms with Crippen LogP contribution in [-0.4, -0.2) is 57.2 Å². The number of aliphatic carboxylic acids is 3. The topological polar surface area (TPSA) is 196 Å². The van der Waals surface area contributed by atoms with Gasteiger partial charge in [0.2, 0.25) is 0 Å². The molecule has 124 valence electrons. The lowest BCUT2D eigenvalue weighted by molar-refractivity contribution is -0.140. The van der Waals surface area contributed by atoms with Gasteiger partial charge in [0.25, 0.3) is 5.91 Å². The van der Waals surface area contributed by atoms with Crippen molar-refractivity contribution >= 4 is 29.8 Å². The second-order valence-corrected chi connectivity index (χ2v) is 4.32. The highest BCUT2D eigenvalue weighted by Crippen LogP contribution is 2.01. The maximum Gasteiger partial charge on any atom is 0.322 e. The highest BCUT2D eigenvalue weighted by molar-refractivity contribution is 6.04. The van der Waals surface area contributed by atoms with Crippen molar-refractivity contribution in [2.45, 2.75) is 37.8 Å². The number of imide groups is 1. The molecule has 0 aromatic carbocycles. The Hall–Kier alpha value is -2.69. The number of nitrogens with one attached hydrogen (secondary N) is 2. The fourth-order valence-electron chi connectivity index (χ4n) is 1.33. The quantitative estimate of drug-likeness (QED) is 0.297. The standard InChI is InChI=1S/C6H8N2O4.C5H9NO4/c9-4(10)2-1-3-5(11)8-6(12)7-3;6-3(5(9)10)1-2-4(7)8/h3H,1-2H2,(H,9,10)(H2,7,8,11,12);3H,1-2,6H2,(H,7,8)(H,9,10). The van der Waals surface area contributed by atoms with Crippen LogP contribution in [0.2, 0.25) is 0 Å². The van der Waals surface area contributed by atoms with Gasteiger partial charge in [-0.25, -0.2) is 4.79 Å². The second-order valence-electron chi connectivity index (χ2n) is 4.32. The molecule has 11 nitrogen and oxygen atoms in total. The van der Waals surface area contributed by atoms with Gasteiger partial charge < -0.3 is 26.4 Å². The van der Waals surface area contributed by atoms with Crippen molar-refractivity contribution in [3.63, 3.8) is 0 Å². The molecule has 3 amide bonds. The summed E-state index contributed by atoms with van der Waals surface area (Å²) in [5.74, 6) is -3.64. The number of rotatable bonds is 7. The number of carboxylic acids is 3. The molecule has 1 aliphatic rings. The summed E-state index contributed by atoms with van der Waals surface area (Å²) in [7, 11) is 0. The molecule has 0 aliphatic carbocycles. The largest absolute Gasteiger partial charge is 0.481 e. The molecule has 0 aromatic rings. The predicted molar refractivity (Wildman–Crippen MR) is 69.8 cm³/mol. The third-order valence-corrected chi connectivity index (χ3v) is 2.49. The normalized spacial score (nSPS) is 17.6. The number of carbonyl (C=O) groups is 5. The van der Waals surface area contributed by atoms with E-state index in [1.54, 1.807) is 0 Å². The summed E-state index contributed by atoms with van der Waals surface area (Å²) in [6, 6.07) is -2.31. The highest BCUT2D eigenvalue weighted by Gasteiger charge is 2.29. The first kappa shape index (κ1) is 19.3. The van der Waals surface area contributed by atoms with E-state index in [1.807, 2.05) is 5.32 Å². The van der Waals surface area contributed by atoms with Gasteiger partial charge in [0.1, 0.15) is 12.1 Å². The van der Waals surface area contributed by atoms with E-state index in [-0.39, 0.29) is 25.7 Å². The summed E-state index contributed by atoms with van der Waals surface area (Å²) in [4.78, 5) is 51.3. The first-order valence-corrected chi connectivity index (χ1v) is 6.16. The lowest BCUT2D eigenvalue weighted by Gasteiger charge is -2.02. The summed E-state index contributed by atoms with van der Waals surface area (Å²) in [6.45, 7) is 0. The Labute approximate surface area is 124 Å². The zero-order valence-corrected chi connectivity index (χ0v) is 11.4. The van der Waals surface area contributed by atoms with Crippen molar-refractivity contribution in [2.24, 2.45) is 5.73 Å². The second kappa shape index (κ2) is 9.28. The molecule has 22 heavy (non-hydrogen) atoms. The maximum atomic E-state index is 10.8. The molecule has 2 unspecified atom stereocenters. The molecule has 0 radical (unpaired) electrons. The molecule has 0 bridgehead atoms. The van der Waals surface area contributed by atoms with Crippen molar-refractivity contribution in [3.8, 4) is 0 Å². The van der Waals surface area contributed by atoms with Crippen LogP contribution in [0.3, 0.4) is 0 Å². The first-order valence-electron chi connectivity index (χ1n) is 6.16. The minimum absolute atomic E-state index is 0.0231. The number of hydrogen-bond acceptors (Lipinski definition) is 6. The van der Waals surface area contributed by atoms with Crippen molar-refractivity contribution in [2.75, 3.05) is 0 Å². The molecule has 0 saturated carbocycles. The number of urea groups is 1. The molecule has 1 heterocycles. The van der Waals surface area contributed by atoms with Crippen LogP contribution < -0.4 is 16.4 Å². The van der Waals surface area contributed by atoms with Crippen LogP contribution in [0, 0.1) is 0 Å². The predicted octanol–water partition coefficient (Wildman–Crippen LogP) is -1.68. The average molecular weight is 319 g/mol. The molecule has 2 atom stereocenters. The van der Waals surface area contributed by atoms with E-state index in [4.69, 9.17) is 21.1 Å². The van der Waals surface area contributed by atoms with Gasteiger partial charge in [0, 0.05) is 12.8 Å². The van der Waals surface area contributed by atoms with Gasteiger partial charge in [0.15, 0.2) is 0 Å². The molecule has 1 aliphatic heterocycles. The van der Waals surface area contributed by atoms with Crippen LogP contribution in [0.4, 0.5) is 4.79 Å². The monoisotopic (exact) mass is 319 g/mol. The van der Waals surface area contributed by atoms with Gasteiger partial charge in [-0.3, -0.25) is 24.5 Å². The summed E-state index contributed by atoms with van der Waals surface area (Å²) < 4.78 is 0. The zero-order valence-electron chi connectivity index (χ0n) is 11.4. The minimum atomic E-state index is -1.17. The van der Waals surface area contributed by atoms with Crippen molar-refractivity contribution in [1.29, 1.82) is 0 Å².